The average Bonchev–Trinajstić information content (AvgIpc) is 3.12. The molecular formula is C14H16N2O2. The van der Waals surface area contributed by atoms with Crippen molar-refractivity contribution in [3.63, 3.8) is 0 Å². The van der Waals surface area contributed by atoms with E-state index in [4.69, 9.17) is 4.74 Å². The van der Waals surface area contributed by atoms with Crippen LogP contribution < -0.4 is 10.1 Å². The van der Waals surface area contributed by atoms with Gasteiger partial charge in [0.05, 0.1) is 7.11 Å². The van der Waals surface area contributed by atoms with Gasteiger partial charge in [0, 0.05) is 23.0 Å². The van der Waals surface area contributed by atoms with E-state index < -0.39 is 0 Å². The van der Waals surface area contributed by atoms with Crippen LogP contribution in [-0.2, 0) is 0 Å². The van der Waals surface area contributed by atoms with Crippen molar-refractivity contribution in [1.29, 1.82) is 0 Å². The first-order valence-electron chi connectivity index (χ1n) is 6.16. The second kappa shape index (κ2) is 4.05. The predicted octanol–water partition coefficient (Wildman–Crippen LogP) is 2.38. The molecule has 1 aliphatic carbocycles. The number of nitrogens with one attached hydrogen (secondary N) is 2. The number of aromatic nitrogens is 1. The van der Waals surface area contributed by atoms with E-state index >= 15 is 0 Å². The first-order chi connectivity index (χ1) is 8.69. The van der Waals surface area contributed by atoms with Crippen molar-refractivity contribution >= 4 is 16.8 Å². The number of aromatic amines is 1. The van der Waals surface area contributed by atoms with Gasteiger partial charge in [-0.05, 0) is 37.5 Å². The molecule has 0 spiro atoms. The standard InChI is InChI=1S/C14H16N2O2/c1-8-11-6-5-10(18-2)7-12(11)16-13(8)14(17)15-9-3-4-9/h5-7,9,16H,3-4H2,1-2H3,(H,15,17). The molecule has 4 heteroatoms. The number of carbonyl (C=O) groups excluding carboxylic acids is 1. The van der Waals surface area contributed by atoms with Crippen LogP contribution in [0.25, 0.3) is 10.9 Å². The molecule has 1 aromatic carbocycles. The molecule has 1 aliphatic rings. The van der Waals surface area contributed by atoms with Crippen molar-refractivity contribution in [3.05, 3.63) is 29.5 Å². The number of rotatable bonds is 3. The van der Waals surface area contributed by atoms with E-state index in [1.54, 1.807) is 7.11 Å². The van der Waals surface area contributed by atoms with Gasteiger partial charge in [0.1, 0.15) is 11.4 Å². The molecule has 2 N–H and O–H groups in total. The van der Waals surface area contributed by atoms with E-state index in [0.717, 1.165) is 35.1 Å². The van der Waals surface area contributed by atoms with Crippen LogP contribution in [0.3, 0.4) is 0 Å². The zero-order valence-corrected chi connectivity index (χ0v) is 10.5. The summed E-state index contributed by atoms with van der Waals surface area (Å²) in [6, 6.07) is 6.17. The Hall–Kier alpha value is -1.97. The quantitative estimate of drug-likeness (QED) is 0.871. The Labute approximate surface area is 105 Å². The van der Waals surface area contributed by atoms with E-state index in [1.807, 2.05) is 25.1 Å². The van der Waals surface area contributed by atoms with Crippen LogP contribution in [0, 0.1) is 6.92 Å². The van der Waals surface area contributed by atoms with Crippen LogP contribution in [0.5, 0.6) is 5.75 Å². The Balaban J connectivity index is 2.01. The lowest BCUT2D eigenvalue weighted by Gasteiger charge is -2.01. The maximum Gasteiger partial charge on any atom is 0.268 e. The number of carbonyl (C=O) groups is 1. The van der Waals surface area contributed by atoms with Gasteiger partial charge >= 0.3 is 0 Å². The minimum absolute atomic E-state index is 0.00910. The molecule has 0 saturated heterocycles. The van der Waals surface area contributed by atoms with Crippen molar-refractivity contribution < 1.29 is 9.53 Å². The van der Waals surface area contributed by atoms with Crippen LogP contribution in [0.1, 0.15) is 28.9 Å². The minimum Gasteiger partial charge on any atom is -0.497 e. The molecule has 1 amide bonds. The third-order valence-electron chi connectivity index (χ3n) is 3.41. The lowest BCUT2D eigenvalue weighted by atomic mass is 10.1. The number of H-pyrrole nitrogens is 1. The van der Waals surface area contributed by atoms with Crippen molar-refractivity contribution in [2.75, 3.05) is 7.11 Å². The van der Waals surface area contributed by atoms with Gasteiger partial charge < -0.3 is 15.0 Å². The summed E-state index contributed by atoms with van der Waals surface area (Å²) >= 11 is 0. The van der Waals surface area contributed by atoms with Crippen molar-refractivity contribution in [2.24, 2.45) is 0 Å². The Kier molecular flexibility index (Phi) is 2.51. The maximum atomic E-state index is 12.1. The molecule has 0 unspecified atom stereocenters. The zero-order chi connectivity index (χ0) is 12.7. The lowest BCUT2D eigenvalue weighted by Crippen LogP contribution is -2.26. The van der Waals surface area contributed by atoms with Gasteiger partial charge in [-0.2, -0.15) is 0 Å². The van der Waals surface area contributed by atoms with Crippen molar-refractivity contribution in [3.8, 4) is 5.75 Å². The number of benzene rings is 1. The zero-order valence-electron chi connectivity index (χ0n) is 10.5. The summed E-state index contributed by atoms with van der Waals surface area (Å²) in [4.78, 5) is 15.2. The molecule has 0 radical (unpaired) electrons. The van der Waals surface area contributed by atoms with Gasteiger partial charge in [0.15, 0.2) is 0 Å². The molecular weight excluding hydrogens is 228 g/mol. The van der Waals surface area contributed by atoms with E-state index in [-0.39, 0.29) is 5.91 Å². The maximum absolute atomic E-state index is 12.1. The van der Waals surface area contributed by atoms with Gasteiger partial charge in [-0.3, -0.25) is 4.79 Å². The fourth-order valence-electron chi connectivity index (χ4n) is 2.16. The smallest absolute Gasteiger partial charge is 0.268 e. The molecule has 1 fully saturated rings. The Morgan fingerprint density at radius 3 is 2.89 bits per heavy atom. The summed E-state index contributed by atoms with van der Waals surface area (Å²) in [7, 11) is 1.64. The number of ether oxygens (including phenoxy) is 1. The summed E-state index contributed by atoms with van der Waals surface area (Å²) in [5.74, 6) is 0.781. The predicted molar refractivity (Wildman–Crippen MR) is 70.1 cm³/mol. The molecule has 0 aliphatic heterocycles. The Bertz CT molecular complexity index is 612. The molecule has 4 nitrogen and oxygen atoms in total. The van der Waals surface area contributed by atoms with Gasteiger partial charge in [0.2, 0.25) is 0 Å². The second-order valence-corrected chi connectivity index (χ2v) is 4.78. The van der Waals surface area contributed by atoms with Crippen LogP contribution in [0.2, 0.25) is 0 Å². The lowest BCUT2D eigenvalue weighted by molar-refractivity contribution is 0.0946. The fourth-order valence-corrected chi connectivity index (χ4v) is 2.16. The number of amides is 1. The van der Waals surface area contributed by atoms with E-state index in [2.05, 4.69) is 10.3 Å². The summed E-state index contributed by atoms with van der Waals surface area (Å²) in [5.41, 5.74) is 2.59. The normalized spacial score (nSPS) is 14.8. The molecule has 1 saturated carbocycles. The third-order valence-corrected chi connectivity index (χ3v) is 3.41. The molecule has 2 aromatic rings. The van der Waals surface area contributed by atoms with E-state index in [1.165, 1.54) is 0 Å². The van der Waals surface area contributed by atoms with E-state index in [9.17, 15) is 4.79 Å². The highest BCUT2D eigenvalue weighted by molar-refractivity contribution is 6.01. The molecule has 1 aromatic heterocycles. The van der Waals surface area contributed by atoms with Gasteiger partial charge in [-0.15, -0.1) is 0 Å². The first kappa shape index (κ1) is 11.1. The summed E-state index contributed by atoms with van der Waals surface area (Å²) in [6.45, 7) is 1.97. The number of aryl methyl sites for hydroxylation is 1. The molecule has 3 rings (SSSR count). The van der Waals surface area contributed by atoms with Crippen LogP contribution in [-0.4, -0.2) is 24.0 Å². The SMILES string of the molecule is COc1ccc2c(C)c(C(=O)NC3CC3)[nH]c2c1. The minimum atomic E-state index is -0.00910. The van der Waals surface area contributed by atoms with Crippen LogP contribution in [0.15, 0.2) is 18.2 Å². The molecule has 1 heterocycles. The number of fused-ring (bicyclic) bond motifs is 1. The molecule has 0 atom stereocenters. The second-order valence-electron chi connectivity index (χ2n) is 4.78. The van der Waals surface area contributed by atoms with E-state index in [0.29, 0.717) is 11.7 Å². The Morgan fingerprint density at radius 1 is 1.44 bits per heavy atom. The summed E-state index contributed by atoms with van der Waals surface area (Å²) in [5, 5.41) is 4.07. The van der Waals surface area contributed by atoms with Crippen LogP contribution in [0.4, 0.5) is 0 Å². The highest BCUT2D eigenvalue weighted by Gasteiger charge is 2.25. The van der Waals surface area contributed by atoms with Crippen LogP contribution >= 0.6 is 0 Å². The number of methoxy groups -OCH3 is 1. The van der Waals surface area contributed by atoms with Crippen molar-refractivity contribution in [1.82, 2.24) is 10.3 Å². The van der Waals surface area contributed by atoms with Gasteiger partial charge in [-0.1, -0.05) is 0 Å². The van der Waals surface area contributed by atoms with Crippen molar-refractivity contribution in [2.45, 2.75) is 25.8 Å². The monoisotopic (exact) mass is 244 g/mol. The largest absolute Gasteiger partial charge is 0.497 e. The molecule has 94 valence electrons. The average molecular weight is 244 g/mol. The highest BCUT2D eigenvalue weighted by atomic mass is 16.5. The third kappa shape index (κ3) is 1.83. The number of hydrogen-bond donors (Lipinski definition) is 2. The number of hydrogen-bond acceptors (Lipinski definition) is 2. The molecule has 18 heavy (non-hydrogen) atoms. The van der Waals surface area contributed by atoms with Gasteiger partial charge in [-0.25, -0.2) is 0 Å². The summed E-state index contributed by atoms with van der Waals surface area (Å²) in [6.07, 6.45) is 2.19. The molecule has 0 bridgehead atoms. The topological polar surface area (TPSA) is 54.1 Å². The highest BCUT2D eigenvalue weighted by Crippen LogP contribution is 2.26. The Morgan fingerprint density at radius 2 is 2.22 bits per heavy atom. The van der Waals surface area contributed by atoms with Gasteiger partial charge in [0.25, 0.3) is 5.91 Å². The summed E-state index contributed by atoms with van der Waals surface area (Å²) < 4.78 is 5.19. The first-order valence-corrected chi connectivity index (χ1v) is 6.16. The fraction of sp³-hybridized carbons (Fsp3) is 0.357.